The van der Waals surface area contributed by atoms with Crippen molar-refractivity contribution in [3.8, 4) is 5.88 Å². The third-order valence-electron chi connectivity index (χ3n) is 2.48. The molecule has 1 aromatic heterocycles. The number of fused-ring (bicyclic) bond motifs is 1. The molecule has 2 atom stereocenters. The second-order valence-electron chi connectivity index (χ2n) is 3.73. The van der Waals surface area contributed by atoms with Gasteiger partial charge in [0.1, 0.15) is 10.9 Å². The van der Waals surface area contributed by atoms with Crippen LogP contribution < -0.4 is 10.1 Å². The highest BCUT2D eigenvalue weighted by molar-refractivity contribution is 7.88. The van der Waals surface area contributed by atoms with Crippen LogP contribution in [-0.4, -0.2) is 20.0 Å². The zero-order valence-electron chi connectivity index (χ0n) is 8.71. The van der Waals surface area contributed by atoms with Crippen LogP contribution in [0.3, 0.4) is 0 Å². The van der Waals surface area contributed by atoms with E-state index in [4.69, 9.17) is 4.74 Å². The molecule has 2 aliphatic heterocycles. The topological polar surface area (TPSA) is 56.2 Å². The lowest BCUT2D eigenvalue weighted by Crippen LogP contribution is -2.30. The molecule has 1 N–H and O–H groups in total. The van der Waals surface area contributed by atoms with Crippen LogP contribution >= 0.6 is 0 Å². The van der Waals surface area contributed by atoms with Gasteiger partial charge in [-0.1, -0.05) is 6.08 Å². The minimum absolute atomic E-state index is 0.178. The van der Waals surface area contributed by atoms with Gasteiger partial charge in [-0.3, -0.25) is 4.21 Å². The van der Waals surface area contributed by atoms with Crippen molar-refractivity contribution in [1.29, 1.82) is 0 Å². The Hall–Kier alpha value is -1.56. The molecule has 0 spiro atoms. The lowest BCUT2D eigenvalue weighted by atomic mass is 10.2. The molecular weight excluding hydrogens is 226 g/mol. The standard InChI is InChI=1S/C10H11N3O2S/c1-7-2-3-8-10(12-7)16(14)6-13-9(15-8)4-5-11-13/h2-5,7,12H,6H2,1H3. The van der Waals surface area contributed by atoms with E-state index >= 15 is 0 Å². The van der Waals surface area contributed by atoms with Crippen molar-refractivity contribution in [1.82, 2.24) is 15.1 Å². The van der Waals surface area contributed by atoms with Gasteiger partial charge in [0, 0.05) is 12.1 Å². The van der Waals surface area contributed by atoms with E-state index in [0.717, 1.165) is 0 Å². The number of aromatic nitrogens is 2. The van der Waals surface area contributed by atoms with Crippen molar-refractivity contribution in [3.05, 3.63) is 35.2 Å². The molecular formula is C10H11N3O2S. The predicted octanol–water partition coefficient (Wildman–Crippen LogP) is 0.699. The number of ether oxygens (including phenoxy) is 1. The molecule has 0 amide bonds. The number of hydrogen-bond acceptors (Lipinski definition) is 4. The van der Waals surface area contributed by atoms with Crippen molar-refractivity contribution < 1.29 is 8.95 Å². The third-order valence-corrected chi connectivity index (χ3v) is 3.73. The molecule has 2 aliphatic rings. The van der Waals surface area contributed by atoms with Gasteiger partial charge in [-0.2, -0.15) is 5.10 Å². The first-order chi connectivity index (χ1) is 7.74. The summed E-state index contributed by atoms with van der Waals surface area (Å²) in [5, 5.41) is 7.88. The van der Waals surface area contributed by atoms with Crippen molar-refractivity contribution in [3.63, 3.8) is 0 Å². The summed E-state index contributed by atoms with van der Waals surface area (Å²) < 4.78 is 19.3. The summed E-state index contributed by atoms with van der Waals surface area (Å²) in [6.07, 6.45) is 5.47. The van der Waals surface area contributed by atoms with E-state index in [0.29, 0.717) is 22.5 Å². The van der Waals surface area contributed by atoms with Crippen molar-refractivity contribution >= 4 is 10.8 Å². The second kappa shape index (κ2) is 3.48. The highest BCUT2D eigenvalue weighted by atomic mass is 32.2. The van der Waals surface area contributed by atoms with E-state index < -0.39 is 10.8 Å². The van der Waals surface area contributed by atoms with Crippen LogP contribution in [0.4, 0.5) is 0 Å². The molecule has 0 radical (unpaired) electrons. The van der Waals surface area contributed by atoms with Gasteiger partial charge in [-0.25, -0.2) is 4.68 Å². The van der Waals surface area contributed by atoms with E-state index in [-0.39, 0.29) is 6.04 Å². The van der Waals surface area contributed by atoms with Gasteiger partial charge in [-0.15, -0.1) is 0 Å². The molecule has 16 heavy (non-hydrogen) atoms. The fraction of sp³-hybridized carbons (Fsp3) is 0.300. The van der Waals surface area contributed by atoms with Crippen LogP contribution in [0.5, 0.6) is 5.88 Å². The van der Waals surface area contributed by atoms with E-state index in [1.165, 1.54) is 0 Å². The van der Waals surface area contributed by atoms with Crippen molar-refractivity contribution in [2.45, 2.75) is 18.8 Å². The maximum atomic E-state index is 12.1. The molecule has 1 aromatic rings. The van der Waals surface area contributed by atoms with Gasteiger partial charge in [0.05, 0.1) is 17.0 Å². The van der Waals surface area contributed by atoms with E-state index in [1.807, 2.05) is 19.1 Å². The van der Waals surface area contributed by atoms with Gasteiger partial charge in [0.25, 0.3) is 0 Å². The van der Waals surface area contributed by atoms with Crippen LogP contribution in [0, 0.1) is 0 Å². The first-order valence-electron chi connectivity index (χ1n) is 5.01. The number of rotatable bonds is 0. The number of nitrogens with zero attached hydrogens (tertiary/aromatic N) is 2. The molecule has 3 heterocycles. The molecule has 0 saturated heterocycles. The molecule has 0 saturated carbocycles. The maximum Gasteiger partial charge on any atom is 0.218 e. The van der Waals surface area contributed by atoms with Gasteiger partial charge < -0.3 is 10.1 Å². The average molecular weight is 237 g/mol. The van der Waals surface area contributed by atoms with Gasteiger partial charge in [0.15, 0.2) is 5.76 Å². The molecule has 0 aliphatic carbocycles. The Morgan fingerprint density at radius 1 is 1.69 bits per heavy atom. The number of nitrogens with one attached hydrogen (secondary N) is 1. The lowest BCUT2D eigenvalue weighted by molar-refractivity contribution is 0.393. The number of dihydropyridines is 1. The molecule has 5 nitrogen and oxygen atoms in total. The SMILES string of the molecule is CC1C=CC2=C(N1)S(=O)Cn1nccc1O2. The lowest BCUT2D eigenvalue weighted by Gasteiger charge is -2.19. The Bertz CT molecular complexity index is 518. The minimum atomic E-state index is -1.14. The summed E-state index contributed by atoms with van der Waals surface area (Å²) in [7, 11) is -1.14. The number of allylic oxidation sites excluding steroid dienone is 1. The van der Waals surface area contributed by atoms with Crippen LogP contribution in [0.25, 0.3) is 0 Å². The fourth-order valence-electron chi connectivity index (χ4n) is 1.68. The van der Waals surface area contributed by atoms with Gasteiger partial charge in [-0.05, 0) is 13.0 Å². The fourth-order valence-corrected chi connectivity index (χ4v) is 2.88. The molecule has 0 aromatic carbocycles. The van der Waals surface area contributed by atoms with Gasteiger partial charge >= 0.3 is 0 Å². The molecule has 2 unspecified atom stereocenters. The Kier molecular flexibility index (Phi) is 2.10. The summed E-state index contributed by atoms with van der Waals surface area (Å²) in [4.78, 5) is 0. The molecule has 6 heteroatoms. The normalized spacial score (nSPS) is 27.6. The number of hydrogen-bond donors (Lipinski definition) is 1. The maximum absolute atomic E-state index is 12.1. The Labute approximate surface area is 95.2 Å². The van der Waals surface area contributed by atoms with E-state index in [2.05, 4.69) is 10.4 Å². The Balaban J connectivity index is 2.05. The summed E-state index contributed by atoms with van der Waals surface area (Å²) in [5.41, 5.74) is 0. The summed E-state index contributed by atoms with van der Waals surface area (Å²) in [5.74, 6) is 1.57. The summed E-state index contributed by atoms with van der Waals surface area (Å²) >= 11 is 0. The average Bonchev–Trinajstić information content (AvgIpc) is 2.63. The van der Waals surface area contributed by atoms with Crippen LogP contribution in [0.15, 0.2) is 35.2 Å². The van der Waals surface area contributed by atoms with Crippen molar-refractivity contribution in [2.24, 2.45) is 0 Å². The largest absolute Gasteiger partial charge is 0.436 e. The predicted molar refractivity (Wildman–Crippen MR) is 59.8 cm³/mol. The highest BCUT2D eigenvalue weighted by Crippen LogP contribution is 2.25. The molecule has 0 bridgehead atoms. The minimum Gasteiger partial charge on any atom is -0.436 e. The molecule has 0 fully saturated rings. The van der Waals surface area contributed by atoms with Crippen LogP contribution in [0.2, 0.25) is 0 Å². The third kappa shape index (κ3) is 1.46. The quantitative estimate of drug-likeness (QED) is 0.721. The Morgan fingerprint density at radius 3 is 3.44 bits per heavy atom. The summed E-state index contributed by atoms with van der Waals surface area (Å²) in [6.45, 7) is 2.00. The van der Waals surface area contributed by atoms with E-state index in [1.54, 1.807) is 16.9 Å². The van der Waals surface area contributed by atoms with Crippen LogP contribution in [-0.2, 0) is 16.7 Å². The van der Waals surface area contributed by atoms with E-state index in [9.17, 15) is 4.21 Å². The summed E-state index contributed by atoms with van der Waals surface area (Å²) in [6, 6.07) is 1.94. The molecule has 84 valence electrons. The zero-order valence-corrected chi connectivity index (χ0v) is 9.53. The first kappa shape index (κ1) is 9.65. The molecule has 3 rings (SSSR count). The first-order valence-corrected chi connectivity index (χ1v) is 6.33. The highest BCUT2D eigenvalue weighted by Gasteiger charge is 2.24. The Morgan fingerprint density at radius 2 is 2.56 bits per heavy atom. The second-order valence-corrected chi connectivity index (χ2v) is 5.09. The smallest absolute Gasteiger partial charge is 0.218 e. The monoisotopic (exact) mass is 237 g/mol. The zero-order chi connectivity index (χ0) is 11.1. The van der Waals surface area contributed by atoms with Gasteiger partial charge in [0.2, 0.25) is 5.88 Å². The van der Waals surface area contributed by atoms with Crippen molar-refractivity contribution in [2.75, 3.05) is 0 Å². The van der Waals surface area contributed by atoms with Crippen LogP contribution in [0.1, 0.15) is 6.92 Å².